The first-order valence-electron chi connectivity index (χ1n) is 7.74. The summed E-state index contributed by atoms with van der Waals surface area (Å²) in [5.41, 5.74) is 1.27. The summed E-state index contributed by atoms with van der Waals surface area (Å²) in [6, 6.07) is 6.43. The number of hydrogen-bond acceptors (Lipinski definition) is 6. The zero-order valence-corrected chi connectivity index (χ0v) is 14.5. The highest BCUT2D eigenvalue weighted by atomic mass is 32.2. The van der Waals surface area contributed by atoms with E-state index in [9.17, 15) is 13.2 Å². The Kier molecular flexibility index (Phi) is 4.95. The smallest absolute Gasteiger partial charge is 0.264 e. The Morgan fingerprint density at radius 2 is 1.72 bits per heavy atom. The minimum Gasteiger partial charge on any atom is -0.378 e. The summed E-state index contributed by atoms with van der Waals surface area (Å²) in [4.78, 5) is 22.0. The van der Waals surface area contributed by atoms with Gasteiger partial charge in [0.2, 0.25) is 5.95 Å². The number of morpholine rings is 1. The molecule has 1 fully saturated rings. The first-order valence-corrected chi connectivity index (χ1v) is 9.22. The SMILES string of the molecule is Cc1ccc(S(=O)(=O)Nc2ncc(C(=O)N3CCOCC3)cn2)cc1. The Hall–Kier alpha value is -2.52. The summed E-state index contributed by atoms with van der Waals surface area (Å²) in [6.07, 6.45) is 2.63. The molecule has 1 aliphatic rings. The van der Waals surface area contributed by atoms with Crippen molar-refractivity contribution in [2.24, 2.45) is 0 Å². The van der Waals surface area contributed by atoms with Crippen LogP contribution in [0.15, 0.2) is 41.6 Å². The van der Waals surface area contributed by atoms with Crippen LogP contribution in [0.3, 0.4) is 0 Å². The fourth-order valence-corrected chi connectivity index (χ4v) is 3.29. The molecular formula is C16H18N4O4S. The molecule has 1 aromatic heterocycles. The van der Waals surface area contributed by atoms with Crippen molar-refractivity contribution in [3.8, 4) is 0 Å². The second kappa shape index (κ2) is 7.16. The molecule has 2 aromatic rings. The zero-order chi connectivity index (χ0) is 17.9. The lowest BCUT2D eigenvalue weighted by Crippen LogP contribution is -2.40. The van der Waals surface area contributed by atoms with E-state index < -0.39 is 10.0 Å². The quantitative estimate of drug-likeness (QED) is 0.873. The molecule has 0 atom stereocenters. The summed E-state index contributed by atoms with van der Waals surface area (Å²) < 4.78 is 32.1. The van der Waals surface area contributed by atoms with E-state index in [1.54, 1.807) is 17.0 Å². The number of anilines is 1. The van der Waals surface area contributed by atoms with E-state index in [1.165, 1.54) is 24.5 Å². The van der Waals surface area contributed by atoms with Gasteiger partial charge in [-0.05, 0) is 19.1 Å². The lowest BCUT2D eigenvalue weighted by atomic mass is 10.2. The van der Waals surface area contributed by atoms with Crippen molar-refractivity contribution < 1.29 is 17.9 Å². The average molecular weight is 362 g/mol. The monoisotopic (exact) mass is 362 g/mol. The molecule has 1 amide bonds. The zero-order valence-electron chi connectivity index (χ0n) is 13.7. The summed E-state index contributed by atoms with van der Waals surface area (Å²) in [7, 11) is -3.77. The molecule has 1 saturated heterocycles. The van der Waals surface area contributed by atoms with Crippen LogP contribution < -0.4 is 4.72 Å². The normalized spacial score (nSPS) is 15.0. The number of hydrogen-bond donors (Lipinski definition) is 1. The van der Waals surface area contributed by atoms with E-state index in [0.29, 0.717) is 31.9 Å². The summed E-state index contributed by atoms with van der Waals surface area (Å²) in [5, 5.41) is 0. The standard InChI is InChI=1S/C16H18N4O4S/c1-12-2-4-14(5-3-12)25(22,23)19-16-17-10-13(11-18-16)15(21)20-6-8-24-9-7-20/h2-5,10-11H,6-9H2,1H3,(H,17,18,19). The summed E-state index contributed by atoms with van der Waals surface area (Å²) in [6.45, 7) is 3.90. The number of amides is 1. The van der Waals surface area contributed by atoms with Crippen LogP contribution in [0.4, 0.5) is 5.95 Å². The lowest BCUT2D eigenvalue weighted by Gasteiger charge is -2.26. The largest absolute Gasteiger partial charge is 0.378 e. The highest BCUT2D eigenvalue weighted by Gasteiger charge is 2.20. The predicted molar refractivity (Wildman–Crippen MR) is 90.7 cm³/mol. The number of benzene rings is 1. The van der Waals surface area contributed by atoms with Crippen molar-refractivity contribution in [3.63, 3.8) is 0 Å². The first kappa shape index (κ1) is 17.3. The van der Waals surface area contributed by atoms with Gasteiger partial charge in [0, 0.05) is 25.5 Å². The van der Waals surface area contributed by atoms with Gasteiger partial charge in [-0.3, -0.25) is 4.79 Å². The number of aryl methyl sites for hydroxylation is 1. The van der Waals surface area contributed by atoms with Crippen molar-refractivity contribution in [2.45, 2.75) is 11.8 Å². The average Bonchev–Trinajstić information content (AvgIpc) is 2.62. The minimum absolute atomic E-state index is 0.0842. The molecular weight excluding hydrogens is 344 g/mol. The first-order chi connectivity index (χ1) is 12.0. The van der Waals surface area contributed by atoms with Crippen LogP contribution in [-0.2, 0) is 14.8 Å². The Labute approximate surface area is 145 Å². The minimum atomic E-state index is -3.77. The maximum atomic E-state index is 12.3. The van der Waals surface area contributed by atoms with Crippen molar-refractivity contribution >= 4 is 21.9 Å². The molecule has 0 unspecified atom stereocenters. The van der Waals surface area contributed by atoms with Gasteiger partial charge in [-0.2, -0.15) is 0 Å². The van der Waals surface area contributed by atoms with Crippen molar-refractivity contribution in [2.75, 3.05) is 31.0 Å². The topological polar surface area (TPSA) is 101 Å². The molecule has 9 heteroatoms. The number of aromatic nitrogens is 2. The molecule has 2 heterocycles. The lowest BCUT2D eigenvalue weighted by molar-refractivity contribution is 0.0302. The van der Waals surface area contributed by atoms with Crippen LogP contribution in [-0.4, -0.2) is 55.5 Å². The Bertz CT molecular complexity index is 845. The number of nitrogens with zero attached hydrogens (tertiary/aromatic N) is 3. The molecule has 1 N–H and O–H groups in total. The Balaban J connectivity index is 1.71. The van der Waals surface area contributed by atoms with Crippen LogP contribution in [0.1, 0.15) is 15.9 Å². The van der Waals surface area contributed by atoms with E-state index in [0.717, 1.165) is 5.56 Å². The number of carbonyl (C=O) groups is 1. The van der Waals surface area contributed by atoms with Crippen LogP contribution in [0.2, 0.25) is 0 Å². The van der Waals surface area contributed by atoms with Gasteiger partial charge in [-0.1, -0.05) is 17.7 Å². The maximum Gasteiger partial charge on any atom is 0.264 e. The highest BCUT2D eigenvalue weighted by molar-refractivity contribution is 7.92. The van der Waals surface area contributed by atoms with Gasteiger partial charge < -0.3 is 9.64 Å². The van der Waals surface area contributed by atoms with Gasteiger partial charge in [0.05, 0.1) is 23.7 Å². The van der Waals surface area contributed by atoms with E-state index in [2.05, 4.69) is 14.7 Å². The molecule has 1 aliphatic heterocycles. The van der Waals surface area contributed by atoms with Gasteiger partial charge in [-0.25, -0.2) is 23.1 Å². The van der Waals surface area contributed by atoms with Gasteiger partial charge >= 0.3 is 0 Å². The number of ether oxygens (including phenoxy) is 1. The van der Waals surface area contributed by atoms with Crippen molar-refractivity contribution in [3.05, 3.63) is 47.8 Å². The Morgan fingerprint density at radius 1 is 1.12 bits per heavy atom. The van der Waals surface area contributed by atoms with Gasteiger partial charge in [0.1, 0.15) is 0 Å². The number of rotatable bonds is 4. The molecule has 0 spiro atoms. The van der Waals surface area contributed by atoms with Crippen LogP contribution in [0, 0.1) is 6.92 Å². The number of carbonyl (C=O) groups excluding carboxylic acids is 1. The highest BCUT2D eigenvalue weighted by Crippen LogP contribution is 2.14. The number of nitrogens with one attached hydrogen (secondary N) is 1. The molecule has 132 valence electrons. The van der Waals surface area contributed by atoms with E-state index in [4.69, 9.17) is 4.74 Å². The molecule has 0 saturated carbocycles. The third-order valence-corrected chi connectivity index (χ3v) is 5.10. The van der Waals surface area contributed by atoms with Crippen LogP contribution in [0.25, 0.3) is 0 Å². The summed E-state index contributed by atoms with van der Waals surface area (Å²) in [5.74, 6) is -0.282. The second-order valence-electron chi connectivity index (χ2n) is 5.62. The van der Waals surface area contributed by atoms with Crippen LogP contribution in [0.5, 0.6) is 0 Å². The predicted octanol–water partition coefficient (Wildman–Crippen LogP) is 1.06. The fraction of sp³-hybridized carbons (Fsp3) is 0.312. The van der Waals surface area contributed by atoms with E-state index in [-0.39, 0.29) is 16.8 Å². The molecule has 0 radical (unpaired) electrons. The van der Waals surface area contributed by atoms with Gasteiger partial charge in [0.15, 0.2) is 0 Å². The van der Waals surface area contributed by atoms with Gasteiger partial charge in [0.25, 0.3) is 15.9 Å². The summed E-state index contributed by atoms with van der Waals surface area (Å²) >= 11 is 0. The van der Waals surface area contributed by atoms with Crippen molar-refractivity contribution in [1.29, 1.82) is 0 Å². The van der Waals surface area contributed by atoms with Crippen molar-refractivity contribution in [1.82, 2.24) is 14.9 Å². The van der Waals surface area contributed by atoms with Gasteiger partial charge in [-0.15, -0.1) is 0 Å². The molecule has 25 heavy (non-hydrogen) atoms. The second-order valence-corrected chi connectivity index (χ2v) is 7.30. The Morgan fingerprint density at radius 3 is 2.32 bits per heavy atom. The molecule has 3 rings (SSSR count). The van der Waals surface area contributed by atoms with E-state index in [1.807, 2.05) is 6.92 Å². The van der Waals surface area contributed by atoms with E-state index >= 15 is 0 Å². The third kappa shape index (κ3) is 4.12. The number of sulfonamides is 1. The third-order valence-electron chi connectivity index (χ3n) is 3.75. The fourth-order valence-electron chi connectivity index (χ4n) is 2.34. The molecule has 8 nitrogen and oxygen atoms in total. The molecule has 0 bridgehead atoms. The molecule has 1 aromatic carbocycles. The maximum absolute atomic E-state index is 12.3. The van der Waals surface area contributed by atoms with Crippen LogP contribution >= 0.6 is 0 Å². The molecule has 0 aliphatic carbocycles.